The van der Waals surface area contributed by atoms with E-state index in [9.17, 15) is 0 Å². The molecule has 0 unspecified atom stereocenters. The molecular weight excluding hydrogens is 182 g/mol. The molecule has 0 radical (unpaired) electrons. The van der Waals surface area contributed by atoms with Gasteiger partial charge in [-0.15, -0.1) is 0 Å². The van der Waals surface area contributed by atoms with Crippen LogP contribution in [0.15, 0.2) is 40.5 Å². The van der Waals surface area contributed by atoms with Crippen molar-refractivity contribution in [2.75, 3.05) is 0 Å². The van der Waals surface area contributed by atoms with Gasteiger partial charge in [0.25, 0.3) is 6.19 Å². The molecule has 3 nitrogen and oxygen atoms in total. The van der Waals surface area contributed by atoms with Crippen molar-refractivity contribution in [3.05, 3.63) is 36.0 Å². The normalized spacial score (nSPS) is 16.7. The molecule has 0 spiro atoms. The van der Waals surface area contributed by atoms with Crippen molar-refractivity contribution < 1.29 is 4.10 Å². The van der Waals surface area contributed by atoms with Crippen molar-refractivity contribution in [1.29, 1.82) is 5.26 Å². The fourth-order valence-corrected chi connectivity index (χ4v) is 1.86. The molecule has 13 heavy (non-hydrogen) atoms. The minimum atomic E-state index is 1.11. The summed E-state index contributed by atoms with van der Waals surface area (Å²) >= 11 is 1.44. The summed E-state index contributed by atoms with van der Waals surface area (Å²) in [5.74, 6) is 0. The SMILES string of the molecule is N#CN=[N+]1C=Cc2ccccc2S1. The lowest BCUT2D eigenvalue weighted by atomic mass is 10.2. The predicted molar refractivity (Wildman–Crippen MR) is 49.6 cm³/mol. The first kappa shape index (κ1) is 8.02. The van der Waals surface area contributed by atoms with E-state index in [1.54, 1.807) is 16.5 Å². The molecule has 4 heteroatoms. The Morgan fingerprint density at radius 2 is 2.23 bits per heavy atom. The van der Waals surface area contributed by atoms with Crippen molar-refractivity contribution in [3.8, 4) is 6.19 Å². The summed E-state index contributed by atoms with van der Waals surface area (Å²) in [4.78, 5) is 1.11. The Morgan fingerprint density at radius 1 is 1.38 bits per heavy atom. The summed E-state index contributed by atoms with van der Waals surface area (Å²) in [5, 5.41) is 12.0. The molecule has 62 valence electrons. The molecule has 0 saturated carbocycles. The minimum absolute atomic E-state index is 1.11. The number of hydrogen-bond acceptors (Lipinski definition) is 3. The summed E-state index contributed by atoms with van der Waals surface area (Å²) in [6.07, 6.45) is 5.46. The van der Waals surface area contributed by atoms with Crippen molar-refractivity contribution >= 4 is 18.0 Å². The van der Waals surface area contributed by atoms with Gasteiger partial charge in [0.1, 0.15) is 0 Å². The van der Waals surface area contributed by atoms with Crippen LogP contribution in [0, 0.1) is 11.5 Å². The van der Waals surface area contributed by atoms with Gasteiger partial charge in [-0.25, -0.2) is 0 Å². The number of hydrogen-bond donors (Lipinski definition) is 0. The van der Waals surface area contributed by atoms with Crippen molar-refractivity contribution in [2.45, 2.75) is 4.90 Å². The Kier molecular flexibility index (Phi) is 2.11. The summed E-state index contributed by atoms with van der Waals surface area (Å²) in [5.41, 5.74) is 1.16. The first-order chi connectivity index (χ1) is 6.40. The van der Waals surface area contributed by atoms with Gasteiger partial charge in [0.05, 0.1) is 10.0 Å². The van der Waals surface area contributed by atoms with Crippen molar-refractivity contribution in [2.24, 2.45) is 5.11 Å². The molecule has 0 amide bonds. The largest absolute Gasteiger partial charge is 0.274 e. The molecule has 1 aromatic rings. The third-order valence-corrected chi connectivity index (χ3v) is 2.59. The van der Waals surface area contributed by atoms with Crippen LogP contribution in [0.3, 0.4) is 0 Å². The van der Waals surface area contributed by atoms with Crippen LogP contribution in [0.25, 0.3) is 6.08 Å². The Morgan fingerprint density at radius 3 is 3.08 bits per heavy atom. The van der Waals surface area contributed by atoms with E-state index in [4.69, 9.17) is 5.26 Å². The van der Waals surface area contributed by atoms with E-state index in [1.807, 2.05) is 30.3 Å². The van der Waals surface area contributed by atoms with Gasteiger partial charge in [0.2, 0.25) is 18.1 Å². The molecule has 1 heterocycles. The van der Waals surface area contributed by atoms with Gasteiger partial charge >= 0.3 is 0 Å². The third-order valence-electron chi connectivity index (χ3n) is 1.64. The van der Waals surface area contributed by atoms with Crippen LogP contribution < -0.4 is 0 Å². The number of benzene rings is 1. The van der Waals surface area contributed by atoms with Gasteiger partial charge < -0.3 is 0 Å². The Hall–Kier alpha value is -1.60. The average Bonchev–Trinajstić information content (AvgIpc) is 2.18. The topological polar surface area (TPSA) is 39.2 Å². The van der Waals surface area contributed by atoms with Crippen LogP contribution in [0.2, 0.25) is 0 Å². The van der Waals surface area contributed by atoms with Crippen LogP contribution in [0.1, 0.15) is 5.56 Å². The molecular formula is C9H6N3S+. The number of rotatable bonds is 0. The highest BCUT2D eigenvalue weighted by Crippen LogP contribution is 2.28. The van der Waals surface area contributed by atoms with Gasteiger partial charge in [-0.3, -0.25) is 0 Å². The molecule has 0 aliphatic carbocycles. The molecule has 1 aliphatic rings. The van der Waals surface area contributed by atoms with Gasteiger partial charge in [0.15, 0.2) is 0 Å². The zero-order valence-electron chi connectivity index (χ0n) is 6.71. The fraction of sp³-hybridized carbons (Fsp3) is 0. The molecule has 0 aromatic heterocycles. The molecule has 0 atom stereocenters. The molecule has 1 aromatic carbocycles. The van der Waals surface area contributed by atoms with Crippen molar-refractivity contribution in [3.63, 3.8) is 0 Å². The number of azo groups is 1. The van der Waals surface area contributed by atoms with E-state index in [1.165, 1.54) is 11.9 Å². The summed E-state index contributed by atoms with van der Waals surface area (Å²) < 4.78 is 1.54. The predicted octanol–water partition coefficient (Wildman–Crippen LogP) is 2.62. The number of nitriles is 1. The maximum atomic E-state index is 8.36. The van der Waals surface area contributed by atoms with Gasteiger partial charge in [-0.05, 0) is 10.2 Å². The van der Waals surface area contributed by atoms with Crippen LogP contribution >= 0.6 is 11.9 Å². The Balaban J connectivity index is 2.41. The van der Waals surface area contributed by atoms with Gasteiger partial charge in [-0.1, -0.05) is 18.2 Å². The molecule has 0 saturated heterocycles. The average molecular weight is 188 g/mol. The summed E-state index contributed by atoms with van der Waals surface area (Å²) in [6.45, 7) is 0. The zero-order chi connectivity index (χ0) is 9.10. The molecule has 0 N–H and O–H groups in total. The first-order valence-corrected chi connectivity index (χ1v) is 4.51. The van der Waals surface area contributed by atoms with Gasteiger partial charge in [0, 0.05) is 11.6 Å². The smallest absolute Gasteiger partial charge is 0.164 e. The highest BCUT2D eigenvalue weighted by atomic mass is 32.2. The lowest BCUT2D eigenvalue weighted by Gasteiger charge is -2.01. The van der Waals surface area contributed by atoms with Crippen LogP contribution in [0.4, 0.5) is 0 Å². The standard InChI is InChI=1S/C9H6N3S/c10-7-11-12-6-5-8-3-1-2-4-9(8)13-12/h1-6H/q+1. The fourth-order valence-electron chi connectivity index (χ4n) is 1.07. The van der Waals surface area contributed by atoms with E-state index < -0.39 is 0 Å². The first-order valence-electron chi connectivity index (χ1n) is 3.74. The minimum Gasteiger partial charge on any atom is -0.164 e. The van der Waals surface area contributed by atoms with E-state index in [0.717, 1.165) is 10.5 Å². The number of fused-ring (bicyclic) bond motifs is 1. The van der Waals surface area contributed by atoms with Crippen LogP contribution in [0.5, 0.6) is 0 Å². The third kappa shape index (κ3) is 1.60. The monoisotopic (exact) mass is 188 g/mol. The van der Waals surface area contributed by atoms with Crippen LogP contribution in [-0.2, 0) is 0 Å². The second-order valence-electron chi connectivity index (χ2n) is 2.45. The lowest BCUT2D eigenvalue weighted by Crippen LogP contribution is -1.94. The Labute approximate surface area is 80.1 Å². The number of nitrogens with zero attached hydrogens (tertiary/aromatic N) is 3. The van der Waals surface area contributed by atoms with Crippen molar-refractivity contribution in [1.82, 2.24) is 0 Å². The summed E-state index contributed by atoms with van der Waals surface area (Å²) in [7, 11) is 0. The van der Waals surface area contributed by atoms with Crippen LogP contribution in [-0.4, -0.2) is 4.10 Å². The highest BCUT2D eigenvalue weighted by molar-refractivity contribution is 7.93. The maximum Gasteiger partial charge on any atom is 0.274 e. The van der Waals surface area contributed by atoms with E-state index in [-0.39, 0.29) is 0 Å². The quantitative estimate of drug-likeness (QED) is 0.356. The molecule has 1 aliphatic heterocycles. The maximum absolute atomic E-state index is 8.36. The molecule has 2 rings (SSSR count). The molecule has 0 bridgehead atoms. The van der Waals surface area contributed by atoms with E-state index in [0.29, 0.717) is 0 Å². The van der Waals surface area contributed by atoms with E-state index in [2.05, 4.69) is 5.11 Å². The Bertz CT molecular complexity index is 429. The highest BCUT2D eigenvalue weighted by Gasteiger charge is 2.16. The van der Waals surface area contributed by atoms with Gasteiger partial charge in [-0.2, -0.15) is 5.26 Å². The summed E-state index contributed by atoms with van der Waals surface area (Å²) in [6, 6.07) is 7.99. The second kappa shape index (κ2) is 3.42. The molecule has 0 fully saturated rings. The second-order valence-corrected chi connectivity index (χ2v) is 3.44. The lowest BCUT2D eigenvalue weighted by molar-refractivity contribution is -0.339. The zero-order valence-corrected chi connectivity index (χ0v) is 7.53. The van der Waals surface area contributed by atoms with E-state index >= 15 is 0 Å².